The second-order valence-corrected chi connectivity index (χ2v) is 5.81. The number of ether oxygens (including phenoxy) is 4. The molecule has 24 heavy (non-hydrogen) atoms. The highest BCUT2D eigenvalue weighted by Gasteiger charge is 2.55. The highest BCUT2D eigenvalue weighted by Crippen LogP contribution is 2.33. The molecule has 0 spiro atoms. The van der Waals surface area contributed by atoms with E-state index in [-0.39, 0.29) is 0 Å². The van der Waals surface area contributed by atoms with Gasteiger partial charge >= 0.3 is 0 Å². The highest BCUT2D eigenvalue weighted by atomic mass is 16.8. The van der Waals surface area contributed by atoms with E-state index in [0.717, 1.165) is 0 Å². The van der Waals surface area contributed by atoms with Crippen LogP contribution < -0.4 is 0 Å². The van der Waals surface area contributed by atoms with Crippen molar-refractivity contribution in [3.8, 4) is 0 Å². The van der Waals surface area contributed by atoms with E-state index in [1.807, 2.05) is 0 Å². The van der Waals surface area contributed by atoms with Crippen molar-refractivity contribution in [1.82, 2.24) is 0 Å². The Balaban J connectivity index is 2.22. The molecule has 0 aliphatic carbocycles. The Hall–Kier alpha value is -0.440. The summed E-state index contributed by atoms with van der Waals surface area (Å²) in [6, 6.07) is 0. The number of methoxy groups -OCH3 is 1. The van der Waals surface area contributed by atoms with Crippen molar-refractivity contribution in [2.24, 2.45) is 0 Å². The molecule has 2 aliphatic rings. The lowest BCUT2D eigenvalue weighted by Gasteiger charge is -2.49. The second kappa shape index (κ2) is 7.85. The van der Waals surface area contributed by atoms with Crippen molar-refractivity contribution in [1.29, 1.82) is 0 Å². The molecule has 0 bridgehead atoms. The first-order valence-electron chi connectivity index (χ1n) is 7.43. The van der Waals surface area contributed by atoms with Crippen LogP contribution in [0.2, 0.25) is 0 Å². The number of rotatable bonds is 5. The highest BCUT2D eigenvalue weighted by molar-refractivity contribution is 4.97. The van der Waals surface area contributed by atoms with E-state index < -0.39 is 74.6 Å². The Labute approximate surface area is 137 Å². The molecule has 2 rings (SSSR count). The topological polar surface area (TPSA) is 179 Å². The summed E-state index contributed by atoms with van der Waals surface area (Å²) in [5.74, 6) is -2.18. The molecule has 0 unspecified atom stereocenters. The fourth-order valence-corrected chi connectivity index (χ4v) is 2.78. The normalized spacial score (nSPS) is 50.0. The van der Waals surface area contributed by atoms with Crippen LogP contribution >= 0.6 is 0 Å². The third-order valence-electron chi connectivity index (χ3n) is 4.28. The summed E-state index contributed by atoms with van der Waals surface area (Å²) in [6.45, 7) is -2.00. The van der Waals surface area contributed by atoms with Gasteiger partial charge in [0.05, 0.1) is 13.2 Å². The van der Waals surface area contributed by atoms with Crippen molar-refractivity contribution in [2.75, 3.05) is 26.9 Å². The van der Waals surface area contributed by atoms with Crippen molar-refractivity contribution in [3.63, 3.8) is 0 Å². The van der Waals surface area contributed by atoms with Crippen LogP contribution in [0.1, 0.15) is 0 Å². The zero-order valence-electron chi connectivity index (χ0n) is 13.0. The third kappa shape index (κ3) is 3.43. The molecule has 0 aromatic rings. The lowest BCUT2D eigenvalue weighted by molar-refractivity contribution is -0.394. The van der Waals surface area contributed by atoms with Gasteiger partial charge in [0, 0.05) is 7.11 Å². The Morgan fingerprint density at radius 2 is 1.71 bits per heavy atom. The van der Waals surface area contributed by atoms with Gasteiger partial charge in [-0.2, -0.15) is 0 Å². The monoisotopic (exact) mass is 356 g/mol. The molecule has 11 nitrogen and oxygen atoms in total. The SMILES string of the molecule is CO[C@@H]1O[C@H](CO)[C@@H](O[C@]2(CO)OC[C@H](O)[C@H](O)[C@H]2O)[C@H](O)[C@H]1O. The summed E-state index contributed by atoms with van der Waals surface area (Å²) in [5, 5.41) is 68.5. The van der Waals surface area contributed by atoms with Crippen LogP contribution in [-0.4, -0.2) is 117 Å². The van der Waals surface area contributed by atoms with Crippen molar-refractivity contribution in [2.45, 2.75) is 54.8 Å². The molecule has 7 N–H and O–H groups in total. The van der Waals surface area contributed by atoms with Gasteiger partial charge in [0.1, 0.15) is 49.3 Å². The first kappa shape index (κ1) is 19.9. The fraction of sp³-hybridized carbons (Fsp3) is 1.00. The summed E-state index contributed by atoms with van der Waals surface area (Å²) in [5.41, 5.74) is 0. The Kier molecular flexibility index (Phi) is 6.50. The molecular formula is C13H24O11. The molecule has 0 radical (unpaired) electrons. The number of hydrogen-bond acceptors (Lipinski definition) is 11. The van der Waals surface area contributed by atoms with Crippen LogP contribution in [0.5, 0.6) is 0 Å². The van der Waals surface area contributed by atoms with Gasteiger partial charge in [-0.1, -0.05) is 0 Å². The zero-order valence-corrected chi connectivity index (χ0v) is 13.0. The predicted octanol–water partition coefficient (Wildman–Crippen LogP) is -4.74. The second-order valence-electron chi connectivity index (χ2n) is 5.81. The third-order valence-corrected chi connectivity index (χ3v) is 4.28. The van der Waals surface area contributed by atoms with E-state index in [0.29, 0.717) is 0 Å². The largest absolute Gasteiger partial charge is 0.394 e. The van der Waals surface area contributed by atoms with E-state index in [1.165, 1.54) is 7.11 Å². The summed E-state index contributed by atoms with van der Waals surface area (Å²) in [7, 11) is 1.23. The van der Waals surface area contributed by atoms with Gasteiger partial charge in [0.25, 0.3) is 0 Å². The minimum absolute atomic E-state index is 0.449. The molecule has 0 amide bonds. The summed E-state index contributed by atoms with van der Waals surface area (Å²) in [4.78, 5) is 0. The van der Waals surface area contributed by atoms with Crippen LogP contribution in [0.15, 0.2) is 0 Å². The van der Waals surface area contributed by atoms with E-state index in [2.05, 4.69) is 0 Å². The molecule has 0 saturated carbocycles. The van der Waals surface area contributed by atoms with Gasteiger partial charge in [-0.25, -0.2) is 0 Å². The smallest absolute Gasteiger partial charge is 0.221 e. The molecule has 11 heteroatoms. The molecule has 2 saturated heterocycles. The van der Waals surface area contributed by atoms with E-state index in [1.54, 1.807) is 0 Å². The molecule has 2 fully saturated rings. The van der Waals surface area contributed by atoms with Crippen LogP contribution in [0.3, 0.4) is 0 Å². The Morgan fingerprint density at radius 3 is 2.25 bits per heavy atom. The molecule has 9 atom stereocenters. The van der Waals surface area contributed by atoms with E-state index in [9.17, 15) is 35.7 Å². The van der Waals surface area contributed by atoms with Gasteiger partial charge in [-0.15, -0.1) is 0 Å². The van der Waals surface area contributed by atoms with Gasteiger partial charge < -0.3 is 54.7 Å². The van der Waals surface area contributed by atoms with E-state index in [4.69, 9.17) is 18.9 Å². The molecule has 0 aromatic heterocycles. The predicted molar refractivity (Wildman–Crippen MR) is 73.4 cm³/mol. The lowest BCUT2D eigenvalue weighted by atomic mass is 9.94. The lowest BCUT2D eigenvalue weighted by Crippen LogP contribution is -2.68. The van der Waals surface area contributed by atoms with Gasteiger partial charge in [0.15, 0.2) is 6.29 Å². The molecule has 2 aliphatic heterocycles. The number of aliphatic hydroxyl groups is 7. The maximum absolute atomic E-state index is 10.2. The molecule has 0 aromatic carbocycles. The van der Waals surface area contributed by atoms with Crippen molar-refractivity contribution < 1.29 is 54.7 Å². The summed E-state index contributed by atoms with van der Waals surface area (Å²) >= 11 is 0. The summed E-state index contributed by atoms with van der Waals surface area (Å²) < 4.78 is 20.7. The molecule has 142 valence electrons. The Bertz CT molecular complexity index is 407. The number of hydrogen-bond donors (Lipinski definition) is 7. The average Bonchev–Trinajstić information content (AvgIpc) is 2.59. The number of aliphatic hydroxyl groups excluding tert-OH is 7. The van der Waals surface area contributed by atoms with Gasteiger partial charge in [0.2, 0.25) is 5.79 Å². The zero-order chi connectivity index (χ0) is 18.1. The minimum atomic E-state index is -2.18. The van der Waals surface area contributed by atoms with E-state index >= 15 is 0 Å². The molecule has 2 heterocycles. The quantitative estimate of drug-likeness (QED) is 0.251. The van der Waals surface area contributed by atoms with Gasteiger partial charge in [-0.3, -0.25) is 0 Å². The standard InChI is InChI=1S/C13H24O11/c1-21-12-9(19)8(18)10(6(2-14)23-12)24-13(4-15)11(20)7(17)5(16)3-22-13/h5-12,14-20H,2-4H2,1H3/t5-,6+,7-,8+,9+,10+,11+,12+,13-/m0/s1. The van der Waals surface area contributed by atoms with Crippen LogP contribution in [0.4, 0.5) is 0 Å². The van der Waals surface area contributed by atoms with Crippen molar-refractivity contribution >= 4 is 0 Å². The Morgan fingerprint density at radius 1 is 1.04 bits per heavy atom. The van der Waals surface area contributed by atoms with Crippen LogP contribution in [0, 0.1) is 0 Å². The van der Waals surface area contributed by atoms with Crippen molar-refractivity contribution in [3.05, 3.63) is 0 Å². The first-order valence-corrected chi connectivity index (χ1v) is 7.43. The first-order chi connectivity index (χ1) is 11.3. The van der Waals surface area contributed by atoms with Crippen LogP contribution in [-0.2, 0) is 18.9 Å². The van der Waals surface area contributed by atoms with Crippen LogP contribution in [0.25, 0.3) is 0 Å². The maximum atomic E-state index is 10.2. The van der Waals surface area contributed by atoms with Gasteiger partial charge in [-0.05, 0) is 0 Å². The maximum Gasteiger partial charge on any atom is 0.221 e. The average molecular weight is 356 g/mol. The fourth-order valence-electron chi connectivity index (χ4n) is 2.78. The summed E-state index contributed by atoms with van der Waals surface area (Å²) in [6.07, 6.45) is -11.9. The minimum Gasteiger partial charge on any atom is -0.394 e. The molecular weight excluding hydrogens is 332 g/mol.